The normalized spacial score (nSPS) is 9.88. The second-order valence-corrected chi connectivity index (χ2v) is 3.05. The lowest BCUT2D eigenvalue weighted by atomic mass is 10.2. The van der Waals surface area contributed by atoms with Crippen molar-refractivity contribution in [2.24, 2.45) is 0 Å². The molecule has 6 heteroatoms. The zero-order valence-electron chi connectivity index (χ0n) is 8.37. The third kappa shape index (κ3) is 2.75. The summed E-state index contributed by atoms with van der Waals surface area (Å²) < 4.78 is 26.0. The third-order valence-corrected chi connectivity index (χ3v) is 1.87. The summed E-state index contributed by atoms with van der Waals surface area (Å²) >= 11 is 0. The third-order valence-electron chi connectivity index (χ3n) is 1.87. The number of rotatable bonds is 5. The minimum atomic E-state index is -1.19. The fourth-order valence-corrected chi connectivity index (χ4v) is 1.20. The summed E-state index contributed by atoms with van der Waals surface area (Å²) in [7, 11) is 0. The number of nitrogens with one attached hydrogen (secondary N) is 1. The van der Waals surface area contributed by atoms with E-state index >= 15 is 0 Å². The van der Waals surface area contributed by atoms with E-state index in [4.69, 9.17) is 0 Å². The Morgan fingerprint density at radius 2 is 2.19 bits per heavy atom. The number of benzene rings is 1. The number of nitro groups is 1. The summed E-state index contributed by atoms with van der Waals surface area (Å²) in [4.78, 5) is 9.69. The van der Waals surface area contributed by atoms with E-state index in [0.29, 0.717) is 19.0 Å². The molecule has 86 valence electrons. The Kier molecular flexibility index (Phi) is 3.93. The first-order chi connectivity index (χ1) is 7.56. The second-order valence-electron chi connectivity index (χ2n) is 3.05. The molecule has 0 unspecified atom stereocenters. The molecule has 0 aliphatic heterocycles. The van der Waals surface area contributed by atoms with Gasteiger partial charge in [0.25, 0.3) is 0 Å². The van der Waals surface area contributed by atoms with Crippen molar-refractivity contribution in [3.63, 3.8) is 0 Å². The molecule has 16 heavy (non-hydrogen) atoms. The molecule has 1 aromatic rings. The van der Waals surface area contributed by atoms with Crippen LogP contribution in [-0.2, 0) is 0 Å². The van der Waals surface area contributed by atoms with Crippen LogP contribution in [0.15, 0.2) is 24.8 Å². The van der Waals surface area contributed by atoms with Crippen LogP contribution >= 0.6 is 0 Å². The fourth-order valence-electron chi connectivity index (χ4n) is 1.20. The molecule has 1 N–H and O–H groups in total. The van der Waals surface area contributed by atoms with Crippen LogP contribution in [0.2, 0.25) is 0 Å². The summed E-state index contributed by atoms with van der Waals surface area (Å²) in [5.41, 5.74) is -0.908. The van der Waals surface area contributed by atoms with Gasteiger partial charge in [-0.1, -0.05) is 6.08 Å². The van der Waals surface area contributed by atoms with Crippen molar-refractivity contribution < 1.29 is 13.7 Å². The molecule has 0 aliphatic rings. The Hall–Kier alpha value is -1.98. The molecule has 0 saturated carbocycles. The number of anilines is 1. The topological polar surface area (TPSA) is 55.2 Å². The quantitative estimate of drug-likeness (QED) is 0.365. The van der Waals surface area contributed by atoms with Crippen LogP contribution in [0.1, 0.15) is 6.42 Å². The first-order valence-corrected chi connectivity index (χ1v) is 4.54. The standard InChI is InChI=1S/C10H10F2N2O2/c1-2-3-4-13-9-6-7(11)5-8(12)10(9)14(15)16/h2,5-6,13H,1,3-4H2. The van der Waals surface area contributed by atoms with Crippen molar-refractivity contribution in [2.75, 3.05) is 11.9 Å². The van der Waals surface area contributed by atoms with Crippen LogP contribution in [0.25, 0.3) is 0 Å². The summed E-state index contributed by atoms with van der Waals surface area (Å²) in [6.45, 7) is 3.79. The molecular formula is C10H10F2N2O2. The average molecular weight is 228 g/mol. The highest BCUT2D eigenvalue weighted by Crippen LogP contribution is 2.28. The van der Waals surface area contributed by atoms with E-state index in [1.54, 1.807) is 6.08 Å². The number of hydrogen-bond acceptors (Lipinski definition) is 3. The average Bonchev–Trinajstić information content (AvgIpc) is 2.16. The van der Waals surface area contributed by atoms with Crippen LogP contribution in [0.5, 0.6) is 0 Å². The van der Waals surface area contributed by atoms with Crippen LogP contribution in [0.4, 0.5) is 20.2 Å². The lowest BCUT2D eigenvalue weighted by molar-refractivity contribution is -0.386. The first kappa shape index (κ1) is 12.1. The molecule has 1 aromatic carbocycles. The molecule has 0 fully saturated rings. The maximum Gasteiger partial charge on any atom is 0.327 e. The maximum atomic E-state index is 13.1. The van der Waals surface area contributed by atoms with Crippen LogP contribution in [0.3, 0.4) is 0 Å². The van der Waals surface area contributed by atoms with Gasteiger partial charge in [-0.15, -0.1) is 6.58 Å². The minimum Gasteiger partial charge on any atom is -0.379 e. The van der Waals surface area contributed by atoms with E-state index in [1.807, 2.05) is 0 Å². The minimum absolute atomic E-state index is 0.163. The Bertz CT molecular complexity index is 422. The molecule has 0 amide bonds. The Balaban J connectivity index is 3.03. The van der Waals surface area contributed by atoms with Gasteiger partial charge in [0.05, 0.1) is 4.92 Å². The van der Waals surface area contributed by atoms with Gasteiger partial charge in [-0.2, -0.15) is 4.39 Å². The number of halogens is 2. The molecule has 0 radical (unpaired) electrons. The van der Waals surface area contributed by atoms with E-state index in [9.17, 15) is 18.9 Å². The highest BCUT2D eigenvalue weighted by atomic mass is 19.1. The van der Waals surface area contributed by atoms with E-state index in [0.717, 1.165) is 6.07 Å². The molecule has 0 bridgehead atoms. The van der Waals surface area contributed by atoms with Gasteiger partial charge in [0, 0.05) is 18.7 Å². The lowest BCUT2D eigenvalue weighted by Gasteiger charge is -2.06. The van der Waals surface area contributed by atoms with Crippen molar-refractivity contribution >= 4 is 11.4 Å². The molecule has 4 nitrogen and oxygen atoms in total. The molecular weight excluding hydrogens is 218 g/mol. The molecule has 0 heterocycles. The Morgan fingerprint density at radius 1 is 1.50 bits per heavy atom. The molecule has 1 rings (SSSR count). The van der Waals surface area contributed by atoms with Crippen LogP contribution in [-0.4, -0.2) is 11.5 Å². The number of hydrogen-bond donors (Lipinski definition) is 1. The molecule has 0 saturated heterocycles. The van der Waals surface area contributed by atoms with Gasteiger partial charge >= 0.3 is 5.69 Å². The summed E-state index contributed by atoms with van der Waals surface area (Å²) in [5, 5.41) is 13.2. The molecule has 0 aliphatic carbocycles. The maximum absolute atomic E-state index is 13.1. The monoisotopic (exact) mass is 228 g/mol. The van der Waals surface area contributed by atoms with E-state index in [-0.39, 0.29) is 5.69 Å². The highest BCUT2D eigenvalue weighted by Gasteiger charge is 2.21. The molecule has 0 spiro atoms. The zero-order valence-corrected chi connectivity index (χ0v) is 8.37. The second kappa shape index (κ2) is 5.20. The Morgan fingerprint density at radius 3 is 2.75 bits per heavy atom. The predicted octanol–water partition coefficient (Wildman–Crippen LogP) is 2.86. The number of nitrogens with zero attached hydrogens (tertiary/aromatic N) is 1. The molecule has 0 aromatic heterocycles. The van der Waals surface area contributed by atoms with Crippen molar-refractivity contribution in [1.29, 1.82) is 0 Å². The zero-order chi connectivity index (χ0) is 12.1. The summed E-state index contributed by atoms with van der Waals surface area (Å²) in [6.07, 6.45) is 2.13. The van der Waals surface area contributed by atoms with Gasteiger partial charge in [0.15, 0.2) is 0 Å². The number of nitro benzene ring substituents is 1. The SMILES string of the molecule is C=CCCNc1cc(F)cc(F)c1[N+](=O)[O-]. The smallest absolute Gasteiger partial charge is 0.327 e. The first-order valence-electron chi connectivity index (χ1n) is 4.54. The summed E-state index contributed by atoms with van der Waals surface area (Å²) in [6, 6.07) is 1.38. The predicted molar refractivity (Wildman–Crippen MR) is 56.3 cm³/mol. The van der Waals surface area contributed by atoms with Gasteiger partial charge in [0.1, 0.15) is 11.5 Å². The van der Waals surface area contributed by atoms with E-state index in [1.165, 1.54) is 0 Å². The highest BCUT2D eigenvalue weighted by molar-refractivity contribution is 5.62. The molecule has 0 atom stereocenters. The van der Waals surface area contributed by atoms with E-state index < -0.39 is 22.2 Å². The Labute approximate surface area is 90.7 Å². The van der Waals surface area contributed by atoms with Crippen LogP contribution < -0.4 is 5.32 Å². The van der Waals surface area contributed by atoms with Crippen molar-refractivity contribution in [2.45, 2.75) is 6.42 Å². The lowest BCUT2D eigenvalue weighted by Crippen LogP contribution is -2.05. The van der Waals surface area contributed by atoms with Gasteiger partial charge in [0.2, 0.25) is 5.82 Å². The van der Waals surface area contributed by atoms with Gasteiger partial charge in [-0.25, -0.2) is 4.39 Å². The van der Waals surface area contributed by atoms with Gasteiger partial charge in [-0.05, 0) is 6.42 Å². The summed E-state index contributed by atoms with van der Waals surface area (Å²) in [5.74, 6) is -2.05. The largest absolute Gasteiger partial charge is 0.379 e. The van der Waals surface area contributed by atoms with Crippen molar-refractivity contribution in [1.82, 2.24) is 0 Å². The van der Waals surface area contributed by atoms with Crippen molar-refractivity contribution in [3.05, 3.63) is 46.5 Å². The van der Waals surface area contributed by atoms with E-state index in [2.05, 4.69) is 11.9 Å². The fraction of sp³-hybridized carbons (Fsp3) is 0.200. The van der Waals surface area contributed by atoms with Crippen LogP contribution in [0, 0.1) is 21.7 Å². The van der Waals surface area contributed by atoms with Gasteiger partial charge < -0.3 is 5.32 Å². The van der Waals surface area contributed by atoms with Gasteiger partial charge in [-0.3, -0.25) is 10.1 Å². The van der Waals surface area contributed by atoms with Crippen molar-refractivity contribution in [3.8, 4) is 0 Å².